The summed E-state index contributed by atoms with van der Waals surface area (Å²) < 4.78 is 6.45. The molecule has 1 fully saturated rings. The van der Waals surface area contributed by atoms with E-state index >= 15 is 0 Å². The molecule has 10 nitrogen and oxygen atoms in total. The molecule has 0 bridgehead atoms. The molecule has 0 spiro atoms. The van der Waals surface area contributed by atoms with Gasteiger partial charge in [0.05, 0.1) is 18.9 Å². The summed E-state index contributed by atoms with van der Waals surface area (Å²) in [4.78, 5) is 36.8. The second-order valence-corrected chi connectivity index (χ2v) is 10.2. The van der Waals surface area contributed by atoms with Crippen LogP contribution in [0.1, 0.15) is 44.1 Å². The maximum Gasteiger partial charge on any atom is 0.407 e. The summed E-state index contributed by atoms with van der Waals surface area (Å²) >= 11 is 1.55. The van der Waals surface area contributed by atoms with Crippen molar-refractivity contribution in [3.63, 3.8) is 0 Å². The van der Waals surface area contributed by atoms with Crippen molar-refractivity contribution in [1.29, 1.82) is 0 Å². The molecule has 2 amide bonds. The summed E-state index contributed by atoms with van der Waals surface area (Å²) in [5.74, 6) is 0.928. The standard InChI is InChI=1S/C22H29N7O3S/c1-22(2,3)13-23-17-11-16(19(30)28-7-5-14(6-8-28)25-21(31)32-4)26-18(27-17)15-12-24-29-9-10-33-20(15)29/h9-12,14H,5-8,13H2,1-4H3,(H,25,31)(H,23,26,27). The Kier molecular flexibility index (Phi) is 6.50. The highest BCUT2D eigenvalue weighted by molar-refractivity contribution is 7.16. The Morgan fingerprint density at radius 2 is 2.00 bits per heavy atom. The minimum Gasteiger partial charge on any atom is -0.453 e. The zero-order valence-corrected chi connectivity index (χ0v) is 20.1. The van der Waals surface area contributed by atoms with Crippen LogP contribution < -0.4 is 10.6 Å². The number of nitrogens with zero attached hydrogens (tertiary/aromatic N) is 5. The Balaban J connectivity index is 1.58. The number of hydrogen-bond acceptors (Lipinski definition) is 8. The van der Waals surface area contributed by atoms with E-state index in [1.54, 1.807) is 33.0 Å². The van der Waals surface area contributed by atoms with Crippen LogP contribution in [0.25, 0.3) is 16.2 Å². The first-order valence-corrected chi connectivity index (χ1v) is 11.8. The van der Waals surface area contributed by atoms with Crippen LogP contribution in [0.2, 0.25) is 0 Å². The molecule has 3 aromatic heterocycles. The lowest BCUT2D eigenvalue weighted by molar-refractivity contribution is 0.0698. The molecule has 11 heteroatoms. The first kappa shape index (κ1) is 23.0. The molecule has 4 heterocycles. The third kappa shape index (κ3) is 5.41. The number of thiazole rings is 1. The summed E-state index contributed by atoms with van der Waals surface area (Å²) in [7, 11) is 1.34. The fourth-order valence-electron chi connectivity index (χ4n) is 3.62. The summed E-state index contributed by atoms with van der Waals surface area (Å²) in [6.07, 6.45) is 4.48. The van der Waals surface area contributed by atoms with Crippen LogP contribution >= 0.6 is 11.3 Å². The summed E-state index contributed by atoms with van der Waals surface area (Å²) in [6.45, 7) is 8.15. The van der Waals surface area contributed by atoms with E-state index in [0.717, 1.165) is 10.4 Å². The highest BCUT2D eigenvalue weighted by atomic mass is 32.1. The molecule has 0 atom stereocenters. The Morgan fingerprint density at radius 3 is 2.70 bits per heavy atom. The third-order valence-corrected chi connectivity index (χ3v) is 6.30. The molecule has 1 aliphatic heterocycles. The van der Waals surface area contributed by atoms with Gasteiger partial charge in [0.2, 0.25) is 0 Å². The van der Waals surface area contributed by atoms with Gasteiger partial charge in [-0.2, -0.15) is 5.10 Å². The van der Waals surface area contributed by atoms with Crippen LogP contribution in [0.4, 0.5) is 10.6 Å². The second-order valence-electron chi connectivity index (χ2n) is 9.29. The van der Waals surface area contributed by atoms with E-state index < -0.39 is 6.09 Å². The number of carbonyl (C=O) groups is 2. The van der Waals surface area contributed by atoms with E-state index in [1.807, 2.05) is 11.6 Å². The number of methoxy groups -OCH3 is 1. The number of anilines is 1. The topological polar surface area (TPSA) is 114 Å². The Hall–Kier alpha value is -3.21. The monoisotopic (exact) mass is 471 g/mol. The van der Waals surface area contributed by atoms with Crippen LogP contribution in [0.5, 0.6) is 0 Å². The SMILES string of the molecule is COC(=O)NC1CCN(C(=O)c2cc(NCC(C)(C)C)nc(-c3cnn4ccsc34)n2)CC1. The fourth-order valence-corrected chi connectivity index (χ4v) is 4.41. The zero-order valence-electron chi connectivity index (χ0n) is 19.3. The lowest BCUT2D eigenvalue weighted by Crippen LogP contribution is -2.46. The molecule has 0 aliphatic carbocycles. The van der Waals surface area contributed by atoms with Gasteiger partial charge in [0, 0.05) is 43.3 Å². The number of nitrogens with one attached hydrogen (secondary N) is 2. The van der Waals surface area contributed by atoms with Crippen molar-refractivity contribution in [2.45, 2.75) is 39.7 Å². The van der Waals surface area contributed by atoms with Gasteiger partial charge in [-0.25, -0.2) is 19.3 Å². The number of alkyl carbamates (subject to hydrolysis) is 1. The molecule has 0 unspecified atom stereocenters. The van der Waals surface area contributed by atoms with Crippen LogP contribution in [0.15, 0.2) is 23.8 Å². The van der Waals surface area contributed by atoms with Gasteiger partial charge in [-0.3, -0.25) is 4.79 Å². The van der Waals surface area contributed by atoms with Gasteiger partial charge in [-0.1, -0.05) is 20.8 Å². The highest BCUT2D eigenvalue weighted by Gasteiger charge is 2.27. The first-order chi connectivity index (χ1) is 15.7. The average Bonchev–Trinajstić information content (AvgIpc) is 3.41. The van der Waals surface area contributed by atoms with Crippen LogP contribution in [0.3, 0.4) is 0 Å². The van der Waals surface area contributed by atoms with Crippen molar-refractivity contribution in [3.05, 3.63) is 29.5 Å². The Bertz CT molecular complexity index is 1140. The number of rotatable bonds is 5. The highest BCUT2D eigenvalue weighted by Crippen LogP contribution is 2.27. The molecule has 33 heavy (non-hydrogen) atoms. The van der Waals surface area contributed by atoms with Crippen molar-refractivity contribution < 1.29 is 14.3 Å². The number of fused-ring (bicyclic) bond motifs is 1. The molecule has 3 aromatic rings. The van der Waals surface area contributed by atoms with E-state index in [1.165, 1.54) is 7.11 Å². The second kappa shape index (κ2) is 9.34. The summed E-state index contributed by atoms with van der Waals surface area (Å²) in [6, 6.07) is 1.71. The number of aromatic nitrogens is 4. The van der Waals surface area contributed by atoms with E-state index in [0.29, 0.717) is 49.8 Å². The van der Waals surface area contributed by atoms with Gasteiger partial charge in [-0.15, -0.1) is 11.3 Å². The smallest absolute Gasteiger partial charge is 0.407 e. The van der Waals surface area contributed by atoms with Crippen molar-refractivity contribution in [2.24, 2.45) is 5.41 Å². The van der Waals surface area contributed by atoms with E-state index in [4.69, 9.17) is 0 Å². The van der Waals surface area contributed by atoms with Crippen molar-refractivity contribution >= 4 is 34.0 Å². The summed E-state index contributed by atoms with van der Waals surface area (Å²) in [5, 5.41) is 12.5. The quantitative estimate of drug-likeness (QED) is 0.587. The van der Waals surface area contributed by atoms with E-state index in [9.17, 15) is 9.59 Å². The lowest BCUT2D eigenvalue weighted by atomic mass is 9.97. The predicted octanol–water partition coefficient (Wildman–Crippen LogP) is 3.27. The Morgan fingerprint density at radius 1 is 1.24 bits per heavy atom. The molecule has 0 radical (unpaired) electrons. The molecule has 176 valence electrons. The van der Waals surface area contributed by atoms with Gasteiger partial charge >= 0.3 is 6.09 Å². The Labute approximate surface area is 196 Å². The van der Waals surface area contributed by atoms with Crippen LogP contribution in [0, 0.1) is 5.41 Å². The number of likely N-dealkylation sites (tertiary alicyclic amines) is 1. The van der Waals surface area contributed by atoms with Crippen molar-refractivity contribution in [2.75, 3.05) is 32.1 Å². The fraction of sp³-hybridized carbons (Fsp3) is 0.500. The third-order valence-electron chi connectivity index (χ3n) is 5.41. The molecule has 1 saturated heterocycles. The van der Waals surface area contributed by atoms with Gasteiger partial charge in [0.25, 0.3) is 5.91 Å². The number of carbonyl (C=O) groups excluding carboxylic acids is 2. The van der Waals surface area contributed by atoms with Gasteiger partial charge < -0.3 is 20.3 Å². The van der Waals surface area contributed by atoms with Crippen LogP contribution in [-0.4, -0.2) is 69.3 Å². The van der Waals surface area contributed by atoms with Gasteiger partial charge in [0.15, 0.2) is 5.82 Å². The minimum absolute atomic E-state index is 0.00833. The van der Waals surface area contributed by atoms with E-state index in [2.05, 4.69) is 51.2 Å². The molecule has 0 saturated carbocycles. The van der Waals surface area contributed by atoms with Gasteiger partial charge in [-0.05, 0) is 18.3 Å². The molecular weight excluding hydrogens is 442 g/mol. The van der Waals surface area contributed by atoms with Gasteiger partial charge in [0.1, 0.15) is 16.3 Å². The van der Waals surface area contributed by atoms with E-state index in [-0.39, 0.29) is 17.4 Å². The van der Waals surface area contributed by atoms with Crippen molar-refractivity contribution in [1.82, 2.24) is 29.8 Å². The normalized spacial score (nSPS) is 15.0. The zero-order chi connectivity index (χ0) is 23.6. The minimum atomic E-state index is -0.448. The first-order valence-electron chi connectivity index (χ1n) is 10.9. The molecule has 4 rings (SSSR count). The molecule has 0 aromatic carbocycles. The number of amides is 2. The molecule has 1 aliphatic rings. The largest absolute Gasteiger partial charge is 0.453 e. The van der Waals surface area contributed by atoms with Crippen LogP contribution in [-0.2, 0) is 4.74 Å². The maximum absolute atomic E-state index is 13.4. The number of ether oxygens (including phenoxy) is 1. The molecular formula is C22H29N7O3S. The lowest BCUT2D eigenvalue weighted by Gasteiger charge is -2.32. The average molecular weight is 472 g/mol. The summed E-state index contributed by atoms with van der Waals surface area (Å²) in [5.41, 5.74) is 1.17. The van der Waals surface area contributed by atoms with Crippen molar-refractivity contribution in [3.8, 4) is 11.4 Å². The predicted molar refractivity (Wildman–Crippen MR) is 127 cm³/mol. The molecule has 2 N–H and O–H groups in total. The maximum atomic E-state index is 13.4. The number of hydrogen-bond donors (Lipinski definition) is 2. The number of piperidine rings is 1.